The molecule has 7 nitrogen and oxygen atoms in total. The molecule has 1 aromatic heterocycles. The first-order valence-electron chi connectivity index (χ1n) is 5.76. The minimum absolute atomic E-state index is 0.392. The molecule has 0 aliphatic heterocycles. The van der Waals surface area contributed by atoms with Crippen LogP contribution in [0.15, 0.2) is 12.4 Å². The molecule has 1 unspecified atom stereocenters. The minimum atomic E-state index is -1.11. The van der Waals surface area contributed by atoms with Crippen molar-refractivity contribution in [2.45, 2.75) is 19.9 Å². The SMILES string of the molecule is CCN(CC)C(=O)NC(C(=O)O)c1cnn(C)c1. The van der Waals surface area contributed by atoms with Crippen LogP contribution in [-0.2, 0) is 11.8 Å². The van der Waals surface area contributed by atoms with Crippen LogP contribution in [0, 0.1) is 0 Å². The molecule has 1 aromatic rings. The summed E-state index contributed by atoms with van der Waals surface area (Å²) < 4.78 is 1.49. The summed E-state index contributed by atoms with van der Waals surface area (Å²) in [5, 5.41) is 15.5. The summed E-state index contributed by atoms with van der Waals surface area (Å²) in [6.45, 7) is 4.73. The average molecular weight is 254 g/mol. The molecule has 2 amide bonds. The van der Waals surface area contributed by atoms with Crippen LogP contribution < -0.4 is 5.32 Å². The molecule has 0 aliphatic carbocycles. The highest BCUT2D eigenvalue weighted by atomic mass is 16.4. The van der Waals surface area contributed by atoms with Crippen LogP contribution in [0.4, 0.5) is 4.79 Å². The molecule has 0 aromatic carbocycles. The molecule has 2 N–H and O–H groups in total. The van der Waals surface area contributed by atoms with Gasteiger partial charge in [0.05, 0.1) is 6.20 Å². The monoisotopic (exact) mass is 254 g/mol. The minimum Gasteiger partial charge on any atom is -0.479 e. The molecule has 0 radical (unpaired) electrons. The molecule has 0 fully saturated rings. The zero-order chi connectivity index (χ0) is 13.7. The van der Waals surface area contributed by atoms with Crippen LogP contribution in [0.25, 0.3) is 0 Å². The number of carboxylic acids is 1. The van der Waals surface area contributed by atoms with Gasteiger partial charge in [0.1, 0.15) is 0 Å². The van der Waals surface area contributed by atoms with Crippen LogP contribution >= 0.6 is 0 Å². The Labute approximate surface area is 105 Å². The molecule has 0 saturated heterocycles. The summed E-state index contributed by atoms with van der Waals surface area (Å²) in [6.07, 6.45) is 3.00. The second-order valence-electron chi connectivity index (χ2n) is 3.84. The number of hydrogen-bond acceptors (Lipinski definition) is 3. The van der Waals surface area contributed by atoms with Gasteiger partial charge in [-0.1, -0.05) is 0 Å². The van der Waals surface area contributed by atoms with Crippen LogP contribution in [0.2, 0.25) is 0 Å². The Balaban J connectivity index is 2.82. The maximum absolute atomic E-state index is 11.8. The van der Waals surface area contributed by atoms with Crippen molar-refractivity contribution < 1.29 is 14.7 Å². The number of nitrogens with zero attached hydrogens (tertiary/aromatic N) is 3. The van der Waals surface area contributed by atoms with E-state index in [9.17, 15) is 9.59 Å². The molecule has 0 bridgehead atoms. The van der Waals surface area contributed by atoms with Gasteiger partial charge in [-0.05, 0) is 13.8 Å². The third kappa shape index (κ3) is 3.22. The van der Waals surface area contributed by atoms with Crippen LogP contribution in [-0.4, -0.2) is 44.9 Å². The van der Waals surface area contributed by atoms with Crippen molar-refractivity contribution in [1.29, 1.82) is 0 Å². The first-order valence-corrected chi connectivity index (χ1v) is 5.76. The Bertz CT molecular complexity index is 426. The second-order valence-corrected chi connectivity index (χ2v) is 3.84. The van der Waals surface area contributed by atoms with E-state index in [-0.39, 0.29) is 0 Å². The van der Waals surface area contributed by atoms with Gasteiger partial charge in [0.2, 0.25) is 0 Å². The molecule has 0 saturated carbocycles. The van der Waals surface area contributed by atoms with Crippen LogP contribution in [0.1, 0.15) is 25.5 Å². The molecule has 1 atom stereocenters. The van der Waals surface area contributed by atoms with Gasteiger partial charge in [0.15, 0.2) is 6.04 Å². The van der Waals surface area contributed by atoms with E-state index in [1.807, 2.05) is 13.8 Å². The Hall–Kier alpha value is -2.05. The van der Waals surface area contributed by atoms with Crippen molar-refractivity contribution in [3.8, 4) is 0 Å². The first-order chi connectivity index (χ1) is 8.49. The van der Waals surface area contributed by atoms with Gasteiger partial charge in [-0.3, -0.25) is 4.68 Å². The second kappa shape index (κ2) is 6.04. The quantitative estimate of drug-likeness (QED) is 0.805. The van der Waals surface area contributed by atoms with Crippen LogP contribution in [0.5, 0.6) is 0 Å². The van der Waals surface area contributed by atoms with Gasteiger partial charge < -0.3 is 15.3 Å². The number of amides is 2. The first kappa shape index (κ1) is 14.0. The van der Waals surface area contributed by atoms with Crippen molar-refractivity contribution in [2.75, 3.05) is 13.1 Å². The maximum Gasteiger partial charge on any atom is 0.331 e. The van der Waals surface area contributed by atoms with Gasteiger partial charge in [-0.25, -0.2) is 9.59 Å². The maximum atomic E-state index is 11.8. The van der Waals surface area contributed by atoms with Gasteiger partial charge in [-0.15, -0.1) is 0 Å². The number of nitrogens with one attached hydrogen (secondary N) is 1. The van der Waals surface area contributed by atoms with E-state index >= 15 is 0 Å². The predicted octanol–water partition coefficient (Wildman–Crippen LogP) is 0.597. The lowest BCUT2D eigenvalue weighted by atomic mass is 10.1. The molecule has 18 heavy (non-hydrogen) atoms. The van der Waals surface area contributed by atoms with E-state index in [1.165, 1.54) is 15.8 Å². The van der Waals surface area contributed by atoms with E-state index in [1.54, 1.807) is 13.2 Å². The van der Waals surface area contributed by atoms with E-state index in [0.717, 1.165) is 0 Å². The number of hydrogen-bond donors (Lipinski definition) is 2. The normalized spacial score (nSPS) is 11.9. The largest absolute Gasteiger partial charge is 0.479 e. The molecular formula is C11H18N4O3. The lowest BCUT2D eigenvalue weighted by Gasteiger charge is -2.22. The van der Waals surface area contributed by atoms with E-state index in [0.29, 0.717) is 18.7 Å². The number of aryl methyl sites for hydroxylation is 1. The van der Waals surface area contributed by atoms with Crippen molar-refractivity contribution in [3.05, 3.63) is 18.0 Å². The van der Waals surface area contributed by atoms with Crippen molar-refractivity contribution in [2.24, 2.45) is 7.05 Å². The summed E-state index contributed by atoms with van der Waals surface area (Å²) in [5.41, 5.74) is 0.450. The summed E-state index contributed by atoms with van der Waals surface area (Å²) in [5.74, 6) is -1.11. The molecule has 1 heterocycles. The van der Waals surface area contributed by atoms with Gasteiger partial charge in [0, 0.05) is 31.9 Å². The molecule has 1 rings (SSSR count). The number of urea groups is 1. The molecule has 7 heteroatoms. The van der Waals surface area contributed by atoms with Gasteiger partial charge >= 0.3 is 12.0 Å². The Morgan fingerprint density at radius 1 is 1.50 bits per heavy atom. The third-order valence-corrected chi connectivity index (χ3v) is 2.62. The van der Waals surface area contributed by atoms with Gasteiger partial charge in [0.25, 0.3) is 0 Å². The zero-order valence-electron chi connectivity index (χ0n) is 10.8. The summed E-state index contributed by atoms with van der Waals surface area (Å²) in [6, 6.07) is -1.47. The fourth-order valence-corrected chi connectivity index (χ4v) is 1.60. The highest BCUT2D eigenvalue weighted by Gasteiger charge is 2.24. The highest BCUT2D eigenvalue weighted by Crippen LogP contribution is 2.12. The molecule has 0 aliphatic rings. The van der Waals surface area contributed by atoms with E-state index in [4.69, 9.17) is 5.11 Å². The number of aromatic nitrogens is 2. The number of carbonyl (C=O) groups is 2. The zero-order valence-corrected chi connectivity index (χ0v) is 10.8. The predicted molar refractivity (Wildman–Crippen MR) is 65.0 cm³/mol. The topological polar surface area (TPSA) is 87.5 Å². The standard InChI is InChI=1S/C11H18N4O3/c1-4-15(5-2)11(18)13-9(10(16)17)8-6-12-14(3)7-8/h6-7,9H,4-5H2,1-3H3,(H,13,18)(H,16,17). The number of carbonyl (C=O) groups excluding carboxylic acids is 1. The molecule has 0 spiro atoms. The fraction of sp³-hybridized carbons (Fsp3) is 0.545. The summed E-state index contributed by atoms with van der Waals surface area (Å²) >= 11 is 0. The van der Waals surface area contributed by atoms with Crippen molar-refractivity contribution in [3.63, 3.8) is 0 Å². The fourth-order valence-electron chi connectivity index (χ4n) is 1.60. The Morgan fingerprint density at radius 3 is 2.50 bits per heavy atom. The van der Waals surface area contributed by atoms with Crippen molar-refractivity contribution in [1.82, 2.24) is 20.0 Å². The highest BCUT2D eigenvalue weighted by molar-refractivity contribution is 5.83. The van der Waals surface area contributed by atoms with Gasteiger partial charge in [-0.2, -0.15) is 5.10 Å². The summed E-state index contributed by atoms with van der Waals surface area (Å²) in [4.78, 5) is 24.5. The molecule has 100 valence electrons. The number of rotatable bonds is 5. The number of aliphatic carboxylic acids is 1. The Kier molecular flexibility index (Phi) is 4.70. The lowest BCUT2D eigenvalue weighted by Crippen LogP contribution is -2.43. The number of carboxylic acid groups (broad SMARTS) is 1. The van der Waals surface area contributed by atoms with Crippen LogP contribution in [0.3, 0.4) is 0 Å². The Morgan fingerprint density at radius 2 is 2.11 bits per heavy atom. The lowest BCUT2D eigenvalue weighted by molar-refractivity contribution is -0.139. The summed E-state index contributed by atoms with van der Waals surface area (Å²) in [7, 11) is 1.69. The third-order valence-electron chi connectivity index (χ3n) is 2.62. The van der Waals surface area contributed by atoms with E-state index < -0.39 is 18.0 Å². The average Bonchev–Trinajstić information content (AvgIpc) is 2.73. The van der Waals surface area contributed by atoms with Crippen molar-refractivity contribution >= 4 is 12.0 Å². The van der Waals surface area contributed by atoms with E-state index in [2.05, 4.69) is 10.4 Å². The smallest absolute Gasteiger partial charge is 0.331 e. The molecular weight excluding hydrogens is 236 g/mol.